The van der Waals surface area contributed by atoms with Crippen LogP contribution < -0.4 is 14.7 Å². The Morgan fingerprint density at radius 1 is 0.440 bits per heavy atom. The number of nitrogens with zero attached hydrogens (tertiary/aromatic N) is 13. The highest BCUT2D eigenvalue weighted by Crippen LogP contribution is 2.43. The van der Waals surface area contributed by atoms with Crippen molar-refractivity contribution in [3.63, 3.8) is 0 Å². The minimum atomic E-state index is 0.0987. The predicted octanol–water partition coefficient (Wildman–Crippen LogP) is 17.3. The Morgan fingerprint density at radius 3 is 1.15 bits per heavy atom. The third-order valence-electron chi connectivity index (χ3n) is 26.9. The van der Waals surface area contributed by atoms with Gasteiger partial charge in [0.25, 0.3) is 0 Å². The van der Waals surface area contributed by atoms with E-state index in [9.17, 15) is 28.8 Å². The molecule has 0 amide bonds. The number of allylic oxidation sites excluding steroid dienone is 12. The first kappa shape index (κ1) is 88.5. The van der Waals surface area contributed by atoms with Crippen LogP contribution in [0.3, 0.4) is 0 Å². The van der Waals surface area contributed by atoms with E-state index in [2.05, 4.69) is 145 Å². The van der Waals surface area contributed by atoms with Crippen LogP contribution in [-0.2, 0) is 46.7 Å². The molecule has 13 rings (SSSR count). The molecule has 3 aromatic carbocycles. The number of ketones is 6. The predicted molar refractivity (Wildman–Crippen MR) is 474 cm³/mol. The summed E-state index contributed by atoms with van der Waals surface area (Å²) >= 11 is 0. The number of likely N-dealkylation sites (tertiary alicyclic amines) is 1. The van der Waals surface area contributed by atoms with Gasteiger partial charge in [-0.2, -0.15) is 15.3 Å². The van der Waals surface area contributed by atoms with Crippen molar-refractivity contribution in [1.82, 2.24) is 48.9 Å². The highest BCUT2D eigenvalue weighted by molar-refractivity contribution is 6.10. The molecule has 0 radical (unpaired) electrons. The Hall–Kier alpha value is -8.27. The number of piperidine rings is 1. The van der Waals surface area contributed by atoms with Crippen molar-refractivity contribution in [1.29, 1.82) is 0 Å². The molecule has 5 aliphatic carbocycles. The highest BCUT2D eigenvalue weighted by atomic mass is 16.5. The zero-order valence-corrected chi connectivity index (χ0v) is 74.3. The Morgan fingerprint density at radius 2 is 0.784 bits per heavy atom. The van der Waals surface area contributed by atoms with Crippen LogP contribution in [0.1, 0.15) is 252 Å². The number of hydrogen-bond donors (Lipinski definition) is 0. The minimum Gasteiger partial charge on any atom is -0.381 e. The summed E-state index contributed by atoms with van der Waals surface area (Å²) in [5.74, 6) is 0.793. The average molecular weight is 1590 g/mol. The molecule has 4 fully saturated rings. The molecule has 6 aromatic rings. The van der Waals surface area contributed by atoms with Gasteiger partial charge in [-0.15, -0.1) is 0 Å². The molecule has 7 aliphatic rings. The molecule has 3 aromatic heterocycles. The smallest absolute Gasteiger partial charge is 0.163 e. The molecule has 5 heterocycles. The van der Waals surface area contributed by atoms with E-state index < -0.39 is 0 Å². The van der Waals surface area contributed by atoms with Crippen LogP contribution in [0.15, 0.2) is 105 Å². The van der Waals surface area contributed by atoms with E-state index in [1.807, 2.05) is 114 Å². The second kappa shape index (κ2) is 39.5. The molecular weight excluding hydrogens is 1450 g/mol. The largest absolute Gasteiger partial charge is 0.381 e. The van der Waals surface area contributed by atoms with Gasteiger partial charge in [0.05, 0.1) is 52.2 Å². The Labute approximate surface area is 692 Å². The van der Waals surface area contributed by atoms with Gasteiger partial charge in [0, 0.05) is 188 Å². The van der Waals surface area contributed by atoms with Crippen molar-refractivity contribution >= 4 is 84.5 Å². The van der Waals surface area contributed by atoms with E-state index in [-0.39, 0.29) is 34.7 Å². The number of carbonyl (C=O) groups is 6. The monoisotopic (exact) mass is 1580 g/mol. The third-order valence-corrected chi connectivity index (χ3v) is 26.9. The SMILES string of the molecule is CCN(c1c(C)c(C(=O)CCC2=C(C)C=C(C)CC2=O)cc2c1cnn2C)C1CCC(N(C)CCN(C)C)CC1.CCN(c1c(C)c(C(=O)CCC2=C(C)C=C(C)CC2=O)cc2c1cnn2C)C1CCN(C2CCOCC2)CC1.CCc1c(C(=O)CCC2=C(C)C=C(C)CC2=O)cc2c(cnn2C)c1N(CC)C1CCC(N(C)C)CC1. The van der Waals surface area contributed by atoms with Crippen molar-refractivity contribution in [3.05, 3.63) is 139 Å². The Bertz CT molecular complexity index is 4810. The number of carbonyl (C=O) groups excluding carboxylic acids is 6. The summed E-state index contributed by atoms with van der Waals surface area (Å²) < 4.78 is 11.2. The number of Topliss-reactive ketones (excluding diaryl/α,β-unsaturated/α-hetero) is 6. The molecule has 20 nitrogen and oxygen atoms in total. The minimum absolute atomic E-state index is 0.0987. The summed E-state index contributed by atoms with van der Waals surface area (Å²) in [4.78, 5) is 96.6. The molecule has 2 saturated heterocycles. The van der Waals surface area contributed by atoms with Gasteiger partial charge >= 0.3 is 0 Å². The standard InChI is InChI=1S/C33H49N5O2.C32H44N4O3.C31H44N4O2/c1-9-38(26-12-10-25(11-13-26)36(7)17-16-35(5)6)33-24(4)28(20-30-29(33)21-34-37(30)8)31(39)15-14-27-23(3)18-22(2)19-32(27)40;1-6-36(25-9-13-35(14-10-25)24-11-15-39-16-12-24)32-23(4)27(19-29-28(32)20-33-34(29)5)30(37)8-7-26-22(3)17-21(2)18-31(26)38;1-8-24-26(29(36)15-14-25-21(4)16-20(3)17-30(25)37)18-28-27(19-32-34(28)7)31(24)35(9-2)23-12-10-22(11-13-23)33(5)6/h18,20-21,25-26H,9-17,19H2,1-8H3;17,19-20,24-25H,6-16,18H2,1-5H3;16,18-19,22-23H,8-15,17H2,1-7H3. The van der Waals surface area contributed by atoms with E-state index in [4.69, 9.17) is 4.74 Å². The molecule has 628 valence electrons. The van der Waals surface area contributed by atoms with Crippen molar-refractivity contribution in [3.8, 4) is 0 Å². The van der Waals surface area contributed by atoms with Crippen LogP contribution in [0.2, 0.25) is 0 Å². The summed E-state index contributed by atoms with van der Waals surface area (Å²) in [6.07, 6.45) is 30.7. The number of anilines is 3. The van der Waals surface area contributed by atoms with Gasteiger partial charge in [0.1, 0.15) is 0 Å². The topological polar surface area (TPSA) is 188 Å². The molecule has 0 spiro atoms. The average Bonchev–Trinajstić information content (AvgIpc) is 1.52. The van der Waals surface area contributed by atoms with E-state index >= 15 is 0 Å². The van der Waals surface area contributed by atoms with Crippen LogP contribution in [0.5, 0.6) is 0 Å². The first-order chi connectivity index (χ1) is 55.4. The van der Waals surface area contributed by atoms with Gasteiger partial charge in [-0.3, -0.25) is 42.8 Å². The summed E-state index contributed by atoms with van der Waals surface area (Å²) in [5, 5.41) is 17.1. The van der Waals surface area contributed by atoms with E-state index in [1.54, 1.807) is 0 Å². The van der Waals surface area contributed by atoms with Crippen molar-refractivity contribution in [2.24, 2.45) is 21.1 Å². The van der Waals surface area contributed by atoms with Gasteiger partial charge in [-0.05, 0) is 282 Å². The second-order valence-electron chi connectivity index (χ2n) is 35.2. The van der Waals surface area contributed by atoms with Crippen molar-refractivity contribution in [2.75, 3.05) is 109 Å². The number of aromatic nitrogens is 6. The van der Waals surface area contributed by atoms with Gasteiger partial charge in [-0.1, -0.05) is 41.9 Å². The molecule has 0 atom stereocenters. The van der Waals surface area contributed by atoms with Crippen LogP contribution in [-0.4, -0.2) is 214 Å². The lowest BCUT2D eigenvalue weighted by atomic mass is 9.86. The van der Waals surface area contributed by atoms with Gasteiger partial charge in [0.15, 0.2) is 34.7 Å². The summed E-state index contributed by atoms with van der Waals surface area (Å²) in [5.41, 5.74) is 20.7. The molecule has 2 aliphatic heterocycles. The lowest BCUT2D eigenvalue weighted by molar-refractivity contribution is -0.116. The zero-order chi connectivity index (χ0) is 83.7. The number of hydrogen-bond acceptors (Lipinski definition) is 17. The fraction of sp³-hybridized carbons (Fsp3) is 0.594. The van der Waals surface area contributed by atoms with E-state index in [0.29, 0.717) is 94.0 Å². The third kappa shape index (κ3) is 20.0. The van der Waals surface area contributed by atoms with E-state index in [0.717, 1.165) is 244 Å². The molecule has 0 bridgehead atoms. The van der Waals surface area contributed by atoms with Crippen molar-refractivity contribution in [2.45, 2.75) is 261 Å². The quantitative estimate of drug-likeness (QED) is 0.0422. The van der Waals surface area contributed by atoms with Crippen LogP contribution in [0.25, 0.3) is 32.7 Å². The number of benzene rings is 3. The summed E-state index contributed by atoms with van der Waals surface area (Å²) in [6, 6.07) is 9.32. The normalized spacial score (nSPS) is 20.3. The van der Waals surface area contributed by atoms with Gasteiger partial charge in [0.2, 0.25) is 0 Å². The fourth-order valence-corrected chi connectivity index (χ4v) is 20.4. The number of aryl methyl sites for hydroxylation is 3. The Balaban J connectivity index is 0.000000171. The van der Waals surface area contributed by atoms with Gasteiger partial charge < -0.3 is 39.0 Å². The van der Waals surface area contributed by atoms with Crippen LogP contribution >= 0.6 is 0 Å². The molecule has 20 heteroatoms. The zero-order valence-electron chi connectivity index (χ0n) is 74.3. The maximum Gasteiger partial charge on any atom is 0.163 e. The number of likely N-dealkylation sites (N-methyl/N-ethyl adjacent to an activating group) is 2. The van der Waals surface area contributed by atoms with Crippen LogP contribution in [0, 0.1) is 13.8 Å². The molecule has 0 unspecified atom stereocenters. The second-order valence-corrected chi connectivity index (χ2v) is 35.2. The molecule has 2 saturated carbocycles. The van der Waals surface area contributed by atoms with Crippen molar-refractivity contribution < 1.29 is 33.5 Å². The highest BCUT2D eigenvalue weighted by Gasteiger charge is 2.36. The number of ether oxygens (including phenoxy) is 1. The first-order valence-corrected chi connectivity index (χ1v) is 43.8. The molecule has 116 heavy (non-hydrogen) atoms. The van der Waals surface area contributed by atoms with Crippen LogP contribution in [0.4, 0.5) is 17.1 Å². The summed E-state index contributed by atoms with van der Waals surface area (Å²) in [7, 11) is 16.7. The number of rotatable bonds is 28. The maximum atomic E-state index is 13.8. The first-order valence-electron chi connectivity index (χ1n) is 43.8. The van der Waals surface area contributed by atoms with E-state index in [1.165, 1.54) is 31.4 Å². The molecular formula is C96H137N13O7. The lowest BCUT2D eigenvalue weighted by Crippen LogP contribution is -2.49. The lowest BCUT2D eigenvalue weighted by Gasteiger charge is -2.43. The Kier molecular flexibility index (Phi) is 30.2. The maximum absolute atomic E-state index is 13.8. The van der Waals surface area contributed by atoms with Gasteiger partial charge in [-0.25, -0.2) is 0 Å². The molecule has 0 N–H and O–H groups in total. The fourth-order valence-electron chi connectivity index (χ4n) is 20.4. The number of fused-ring (bicyclic) bond motifs is 3. The summed E-state index contributed by atoms with van der Waals surface area (Å²) in [6.45, 7) is 33.8.